The van der Waals surface area contributed by atoms with Crippen LogP contribution in [0.2, 0.25) is 0 Å². The molecule has 1 saturated heterocycles. The van der Waals surface area contributed by atoms with E-state index >= 15 is 0 Å². The third-order valence-corrected chi connectivity index (χ3v) is 10.3. The molecule has 0 unspecified atom stereocenters. The van der Waals surface area contributed by atoms with Crippen LogP contribution in [0.4, 0.5) is 0 Å². The van der Waals surface area contributed by atoms with Gasteiger partial charge in [0.05, 0.1) is 18.8 Å². The molecule has 1 fully saturated rings. The van der Waals surface area contributed by atoms with Gasteiger partial charge in [-0.25, -0.2) is 0 Å². The highest BCUT2D eigenvalue weighted by Gasteiger charge is 2.33. The summed E-state index contributed by atoms with van der Waals surface area (Å²) in [6, 6.07) is 39.6. The fourth-order valence-corrected chi connectivity index (χ4v) is 7.03. The number of unbranched alkanes of at least 4 members (excludes halogenated alkanes) is 2. The minimum Gasteiger partial charge on any atom is -0.481 e. The predicted octanol–water partition coefficient (Wildman–Crippen LogP) is 8.89. The largest absolute Gasteiger partial charge is 0.481 e. The Kier molecular flexibility index (Phi) is 13.0. The van der Waals surface area contributed by atoms with Crippen LogP contribution in [-0.4, -0.2) is 46.7 Å². The second-order valence-corrected chi connectivity index (χ2v) is 14.1. The zero-order valence-electron chi connectivity index (χ0n) is 30.6. The van der Waals surface area contributed by atoms with Gasteiger partial charge in [0.2, 0.25) is 5.91 Å². The number of likely N-dealkylation sites (N-methyl/N-ethyl adjacent to an activating group) is 1. The predicted molar refractivity (Wildman–Crippen MR) is 208 cm³/mol. The molecule has 276 valence electrons. The van der Waals surface area contributed by atoms with Crippen LogP contribution in [-0.2, 0) is 32.2 Å². The van der Waals surface area contributed by atoms with E-state index in [4.69, 9.17) is 14.6 Å². The van der Waals surface area contributed by atoms with Crippen molar-refractivity contribution in [1.29, 1.82) is 0 Å². The molecule has 1 amide bonds. The van der Waals surface area contributed by atoms with Crippen LogP contribution >= 0.6 is 0 Å². The molecule has 3 N–H and O–H groups in total. The van der Waals surface area contributed by atoms with Gasteiger partial charge >= 0.3 is 5.97 Å². The topological polar surface area (TPSA) is 108 Å². The fraction of sp³-hybridized carbons (Fsp3) is 0.333. The van der Waals surface area contributed by atoms with Crippen molar-refractivity contribution in [2.75, 3.05) is 13.6 Å². The van der Waals surface area contributed by atoms with Gasteiger partial charge in [-0.3, -0.25) is 14.5 Å². The molecule has 1 aliphatic heterocycles. The lowest BCUT2D eigenvalue weighted by Crippen LogP contribution is -2.38. The molecule has 8 heteroatoms. The lowest BCUT2D eigenvalue weighted by molar-refractivity contribution is -0.253. The number of ether oxygens (including phenoxy) is 2. The van der Waals surface area contributed by atoms with Gasteiger partial charge in [-0.15, -0.1) is 0 Å². The number of aliphatic hydroxyl groups is 1. The molecule has 8 nitrogen and oxygen atoms in total. The number of carbonyl (C=O) groups is 2. The molecule has 0 aliphatic carbocycles. The first-order valence-corrected chi connectivity index (χ1v) is 18.6. The van der Waals surface area contributed by atoms with Crippen molar-refractivity contribution in [2.24, 2.45) is 0 Å². The van der Waals surface area contributed by atoms with Crippen LogP contribution in [0.15, 0.2) is 115 Å². The van der Waals surface area contributed by atoms with Crippen molar-refractivity contribution in [1.82, 2.24) is 10.2 Å². The van der Waals surface area contributed by atoms with E-state index in [1.165, 1.54) is 16.3 Å². The summed E-state index contributed by atoms with van der Waals surface area (Å²) in [5.74, 6) is -0.841. The van der Waals surface area contributed by atoms with Crippen LogP contribution in [0.5, 0.6) is 0 Å². The standard InChI is InChI=1S/C45H50N2O6/c1-31(37-25-20-33-10-6-7-11-38(33)26-37)47(2)29-40-27-42(35-18-16-32(30-48)17-19-35)53-45(52-40)36-23-21-34(22-24-36)41-13-9-8-12-39(41)28-46-43(49)14-4-3-5-15-44(50)51/h6-13,16-26,31,40,42,45,48H,3-5,14-15,27-30H2,1-2H3,(H,46,49)(H,50,51)/t31-,40+,42-,45-/m1/s1. The monoisotopic (exact) mass is 714 g/mol. The number of fused-ring (bicyclic) bond motifs is 1. The summed E-state index contributed by atoms with van der Waals surface area (Å²) in [6.07, 6.45) is 2.34. The maximum atomic E-state index is 12.5. The van der Waals surface area contributed by atoms with Gasteiger partial charge in [0.25, 0.3) is 0 Å². The van der Waals surface area contributed by atoms with Crippen molar-refractivity contribution >= 4 is 22.6 Å². The highest BCUT2D eigenvalue weighted by molar-refractivity contribution is 5.83. The number of amides is 1. The third kappa shape index (κ3) is 10.2. The Hall–Kier alpha value is -4.86. The van der Waals surface area contributed by atoms with Gasteiger partial charge in [0, 0.05) is 44.0 Å². The molecule has 0 saturated carbocycles. The third-order valence-electron chi connectivity index (χ3n) is 10.3. The van der Waals surface area contributed by atoms with Crippen LogP contribution in [0.25, 0.3) is 21.9 Å². The second kappa shape index (κ2) is 18.3. The van der Waals surface area contributed by atoms with E-state index in [1.807, 2.05) is 42.5 Å². The number of nitrogens with one attached hydrogen (secondary N) is 1. The second-order valence-electron chi connectivity index (χ2n) is 14.1. The molecular formula is C45H50N2O6. The Morgan fingerprint density at radius 1 is 0.811 bits per heavy atom. The molecule has 53 heavy (non-hydrogen) atoms. The fourth-order valence-electron chi connectivity index (χ4n) is 7.03. The Labute approximate surface area is 312 Å². The van der Waals surface area contributed by atoms with Gasteiger partial charge in [-0.2, -0.15) is 0 Å². The Morgan fingerprint density at radius 3 is 2.26 bits per heavy atom. The van der Waals surface area contributed by atoms with Crippen LogP contribution < -0.4 is 5.32 Å². The van der Waals surface area contributed by atoms with E-state index in [0.29, 0.717) is 32.2 Å². The quantitative estimate of drug-likeness (QED) is 0.0877. The molecule has 5 aromatic carbocycles. The number of aliphatic carboxylic acids is 1. The smallest absolute Gasteiger partial charge is 0.303 e. The normalized spacial score (nSPS) is 17.8. The molecular weight excluding hydrogens is 665 g/mol. The molecule has 0 aromatic heterocycles. The Balaban J connectivity index is 1.14. The minimum absolute atomic E-state index is 0.00432. The highest BCUT2D eigenvalue weighted by Crippen LogP contribution is 2.39. The van der Waals surface area contributed by atoms with E-state index in [2.05, 4.69) is 97.0 Å². The first-order chi connectivity index (χ1) is 25.8. The van der Waals surface area contributed by atoms with E-state index in [1.54, 1.807) is 0 Å². The van der Waals surface area contributed by atoms with E-state index in [0.717, 1.165) is 46.3 Å². The number of hydrogen-bond acceptors (Lipinski definition) is 6. The molecule has 0 radical (unpaired) electrons. The van der Waals surface area contributed by atoms with Gasteiger partial charge in [0.15, 0.2) is 6.29 Å². The molecule has 6 rings (SSSR count). The highest BCUT2D eigenvalue weighted by atomic mass is 16.7. The minimum atomic E-state index is -0.803. The average Bonchev–Trinajstić information content (AvgIpc) is 3.19. The summed E-state index contributed by atoms with van der Waals surface area (Å²) >= 11 is 0. The zero-order valence-corrected chi connectivity index (χ0v) is 30.6. The maximum Gasteiger partial charge on any atom is 0.303 e. The van der Waals surface area contributed by atoms with Crippen LogP contribution in [0.3, 0.4) is 0 Å². The summed E-state index contributed by atoms with van der Waals surface area (Å²) < 4.78 is 13.4. The van der Waals surface area contributed by atoms with Crippen molar-refractivity contribution < 1.29 is 29.3 Å². The van der Waals surface area contributed by atoms with Gasteiger partial charge in [-0.1, -0.05) is 116 Å². The van der Waals surface area contributed by atoms with Gasteiger partial charge in [0.1, 0.15) is 0 Å². The summed E-state index contributed by atoms with van der Waals surface area (Å²) in [7, 11) is 2.15. The number of carboxylic acids is 1. The van der Waals surface area contributed by atoms with Crippen molar-refractivity contribution in [2.45, 2.75) is 83.1 Å². The van der Waals surface area contributed by atoms with Crippen LogP contribution in [0.1, 0.15) is 91.7 Å². The lowest BCUT2D eigenvalue weighted by atomic mass is 9.97. The number of benzene rings is 5. The van der Waals surface area contributed by atoms with E-state index in [-0.39, 0.29) is 37.2 Å². The summed E-state index contributed by atoms with van der Waals surface area (Å²) in [5, 5.41) is 23.9. The lowest BCUT2D eigenvalue weighted by Gasteiger charge is -2.39. The van der Waals surface area contributed by atoms with Crippen molar-refractivity contribution in [3.8, 4) is 11.1 Å². The number of rotatable bonds is 16. The Bertz CT molecular complexity index is 1960. The summed E-state index contributed by atoms with van der Waals surface area (Å²) in [6.45, 7) is 3.36. The maximum absolute atomic E-state index is 12.5. The molecule has 0 bridgehead atoms. The molecule has 4 atom stereocenters. The van der Waals surface area contributed by atoms with Crippen molar-refractivity contribution in [3.05, 3.63) is 143 Å². The molecule has 1 heterocycles. The van der Waals surface area contributed by atoms with Crippen LogP contribution in [0, 0.1) is 0 Å². The number of carboxylic acid groups (broad SMARTS) is 1. The van der Waals surface area contributed by atoms with E-state index < -0.39 is 12.3 Å². The molecule has 0 spiro atoms. The molecule has 5 aromatic rings. The Morgan fingerprint density at radius 2 is 1.51 bits per heavy atom. The first-order valence-electron chi connectivity index (χ1n) is 18.6. The number of carbonyl (C=O) groups excluding carboxylic acids is 1. The number of nitrogens with zero attached hydrogens (tertiary/aromatic N) is 1. The first kappa shape index (κ1) is 37.9. The van der Waals surface area contributed by atoms with Gasteiger partial charge in [-0.05, 0) is 77.0 Å². The zero-order chi connectivity index (χ0) is 37.2. The molecule has 1 aliphatic rings. The summed E-state index contributed by atoms with van der Waals surface area (Å²) in [4.78, 5) is 25.6. The SMILES string of the molecule is C[C@H](c1ccc2ccccc2c1)N(C)C[C@@H]1C[C@H](c2ccc(CO)cc2)O[C@H](c2ccc(-c3ccccc3CNC(=O)CCCCCC(=O)O)cc2)O1. The van der Waals surface area contributed by atoms with E-state index in [9.17, 15) is 14.7 Å². The number of aliphatic hydroxyl groups excluding tert-OH is 1. The van der Waals surface area contributed by atoms with Crippen molar-refractivity contribution in [3.63, 3.8) is 0 Å². The van der Waals surface area contributed by atoms with Gasteiger partial charge < -0.3 is 25.0 Å². The average molecular weight is 715 g/mol. The summed E-state index contributed by atoms with van der Waals surface area (Å²) in [5.41, 5.74) is 7.18. The number of hydrogen-bond donors (Lipinski definition) is 3.